The molecular formula is C11H11FO. The van der Waals surface area contributed by atoms with E-state index in [4.69, 9.17) is 0 Å². The molecule has 1 nitrogen and oxygen atoms in total. The summed E-state index contributed by atoms with van der Waals surface area (Å²) in [5, 5.41) is 0. The number of benzene rings is 1. The largest absolute Gasteiger partial charge is 0.298 e. The fourth-order valence-corrected chi connectivity index (χ4v) is 1.42. The minimum atomic E-state index is -0.833. The lowest BCUT2D eigenvalue weighted by atomic mass is 10.1. The molecule has 1 unspecified atom stereocenters. The number of halogens is 1. The summed E-state index contributed by atoms with van der Waals surface area (Å²) in [4.78, 5) is 10.3. The van der Waals surface area contributed by atoms with Gasteiger partial charge in [0.05, 0.1) is 0 Å². The van der Waals surface area contributed by atoms with Crippen LogP contribution in [0.25, 0.3) is 0 Å². The van der Waals surface area contributed by atoms with Crippen molar-refractivity contribution in [3.05, 3.63) is 35.4 Å². The monoisotopic (exact) mass is 178 g/mol. The van der Waals surface area contributed by atoms with E-state index in [1.165, 1.54) is 0 Å². The fourth-order valence-electron chi connectivity index (χ4n) is 1.42. The maximum absolute atomic E-state index is 13.5. The molecule has 0 radical (unpaired) electrons. The van der Waals surface area contributed by atoms with E-state index in [0.29, 0.717) is 11.1 Å². The first-order chi connectivity index (χ1) is 6.31. The highest BCUT2D eigenvalue weighted by molar-refractivity contribution is 5.74. The van der Waals surface area contributed by atoms with Gasteiger partial charge in [0.15, 0.2) is 0 Å². The topological polar surface area (TPSA) is 17.1 Å². The Morgan fingerprint density at radius 2 is 1.92 bits per heavy atom. The number of carbonyl (C=O) groups is 1. The van der Waals surface area contributed by atoms with Gasteiger partial charge in [-0.2, -0.15) is 0 Å². The second kappa shape index (κ2) is 3.29. The molecule has 0 aliphatic heterocycles. The number of hydrogen-bond donors (Lipinski definition) is 0. The Hall–Kier alpha value is -1.18. The van der Waals surface area contributed by atoms with Crippen molar-refractivity contribution in [2.75, 3.05) is 0 Å². The lowest BCUT2D eigenvalue weighted by Gasteiger charge is -2.05. The van der Waals surface area contributed by atoms with Crippen LogP contribution in [0.3, 0.4) is 0 Å². The van der Waals surface area contributed by atoms with Crippen molar-refractivity contribution in [1.82, 2.24) is 0 Å². The van der Waals surface area contributed by atoms with Crippen LogP contribution >= 0.6 is 0 Å². The standard InChI is InChI=1S/C11H11FO/c12-11(10-5-6-10)9-3-1-8(7-13)2-4-9/h1-4,7,10-11H,5-6H2. The predicted octanol–water partition coefficient (Wildman–Crippen LogP) is 2.92. The van der Waals surface area contributed by atoms with Crippen LogP contribution in [0.5, 0.6) is 0 Å². The zero-order valence-corrected chi connectivity index (χ0v) is 7.24. The van der Waals surface area contributed by atoms with Crippen LogP contribution in [0.1, 0.15) is 34.9 Å². The number of carbonyl (C=O) groups excluding carboxylic acids is 1. The van der Waals surface area contributed by atoms with Crippen LogP contribution in [-0.4, -0.2) is 6.29 Å². The number of aldehydes is 1. The minimum Gasteiger partial charge on any atom is -0.298 e. The summed E-state index contributed by atoms with van der Waals surface area (Å²) in [6.45, 7) is 0. The highest BCUT2D eigenvalue weighted by Gasteiger charge is 2.32. The van der Waals surface area contributed by atoms with Crippen molar-refractivity contribution in [3.63, 3.8) is 0 Å². The van der Waals surface area contributed by atoms with Gasteiger partial charge < -0.3 is 0 Å². The molecule has 0 bridgehead atoms. The maximum atomic E-state index is 13.5. The Balaban J connectivity index is 2.16. The first-order valence-electron chi connectivity index (χ1n) is 4.50. The second-order valence-corrected chi connectivity index (χ2v) is 3.52. The van der Waals surface area contributed by atoms with Gasteiger partial charge in [0.25, 0.3) is 0 Å². The first-order valence-corrected chi connectivity index (χ1v) is 4.50. The van der Waals surface area contributed by atoms with Crippen molar-refractivity contribution < 1.29 is 9.18 Å². The summed E-state index contributed by atoms with van der Waals surface area (Å²) in [6, 6.07) is 6.73. The Bertz CT molecular complexity index is 300. The zero-order chi connectivity index (χ0) is 9.26. The van der Waals surface area contributed by atoms with Crippen LogP contribution in [-0.2, 0) is 0 Å². The molecule has 0 amide bonds. The molecule has 68 valence electrons. The molecule has 0 heterocycles. The van der Waals surface area contributed by atoms with E-state index in [1.807, 2.05) is 0 Å². The summed E-state index contributed by atoms with van der Waals surface area (Å²) < 4.78 is 13.5. The molecule has 0 spiro atoms. The highest BCUT2D eigenvalue weighted by atomic mass is 19.1. The van der Waals surface area contributed by atoms with Crippen molar-refractivity contribution in [1.29, 1.82) is 0 Å². The Kier molecular flexibility index (Phi) is 2.13. The average Bonchev–Trinajstić information content (AvgIpc) is 3.00. The lowest BCUT2D eigenvalue weighted by Crippen LogP contribution is -1.93. The van der Waals surface area contributed by atoms with Crippen molar-refractivity contribution in [2.45, 2.75) is 19.0 Å². The first kappa shape index (κ1) is 8.42. The van der Waals surface area contributed by atoms with Gasteiger partial charge in [0.1, 0.15) is 12.5 Å². The van der Waals surface area contributed by atoms with Crippen LogP contribution in [0.2, 0.25) is 0 Å². The molecular weight excluding hydrogens is 167 g/mol. The molecule has 1 atom stereocenters. The van der Waals surface area contributed by atoms with E-state index in [9.17, 15) is 9.18 Å². The van der Waals surface area contributed by atoms with Crippen LogP contribution in [0, 0.1) is 5.92 Å². The molecule has 0 N–H and O–H groups in total. The van der Waals surface area contributed by atoms with Gasteiger partial charge in [-0.15, -0.1) is 0 Å². The van der Waals surface area contributed by atoms with E-state index in [1.54, 1.807) is 24.3 Å². The van der Waals surface area contributed by atoms with Gasteiger partial charge in [-0.3, -0.25) is 4.79 Å². The van der Waals surface area contributed by atoms with E-state index < -0.39 is 6.17 Å². The van der Waals surface area contributed by atoms with E-state index in [0.717, 1.165) is 19.1 Å². The number of alkyl halides is 1. The SMILES string of the molecule is O=Cc1ccc(C(F)C2CC2)cc1. The van der Waals surface area contributed by atoms with E-state index in [2.05, 4.69) is 0 Å². The summed E-state index contributed by atoms with van der Waals surface area (Å²) in [5.41, 5.74) is 1.31. The molecule has 1 saturated carbocycles. The fraction of sp³-hybridized carbons (Fsp3) is 0.364. The molecule has 1 aliphatic carbocycles. The summed E-state index contributed by atoms with van der Waals surface area (Å²) in [7, 11) is 0. The minimum absolute atomic E-state index is 0.224. The molecule has 2 rings (SSSR count). The third kappa shape index (κ3) is 1.77. The quantitative estimate of drug-likeness (QED) is 0.650. The number of rotatable bonds is 3. The molecule has 1 aliphatic rings. The highest BCUT2D eigenvalue weighted by Crippen LogP contribution is 2.43. The van der Waals surface area contributed by atoms with Crippen molar-refractivity contribution in [3.8, 4) is 0 Å². The van der Waals surface area contributed by atoms with Gasteiger partial charge in [-0.25, -0.2) is 4.39 Å². The Morgan fingerprint density at radius 1 is 1.31 bits per heavy atom. The second-order valence-electron chi connectivity index (χ2n) is 3.52. The van der Waals surface area contributed by atoms with Crippen LogP contribution in [0.4, 0.5) is 4.39 Å². The van der Waals surface area contributed by atoms with Crippen LogP contribution in [0.15, 0.2) is 24.3 Å². The third-order valence-corrected chi connectivity index (χ3v) is 2.43. The summed E-state index contributed by atoms with van der Waals surface area (Å²) in [6.07, 6.45) is 1.93. The van der Waals surface area contributed by atoms with Crippen molar-refractivity contribution in [2.24, 2.45) is 5.92 Å². The maximum Gasteiger partial charge on any atom is 0.150 e. The van der Waals surface area contributed by atoms with Crippen molar-refractivity contribution >= 4 is 6.29 Å². The zero-order valence-electron chi connectivity index (χ0n) is 7.24. The predicted molar refractivity (Wildman–Crippen MR) is 48.4 cm³/mol. The summed E-state index contributed by atoms with van der Waals surface area (Å²) in [5.74, 6) is 0.224. The van der Waals surface area contributed by atoms with Gasteiger partial charge in [0.2, 0.25) is 0 Å². The molecule has 0 saturated heterocycles. The Labute approximate surface area is 76.6 Å². The smallest absolute Gasteiger partial charge is 0.150 e. The number of hydrogen-bond acceptors (Lipinski definition) is 1. The van der Waals surface area contributed by atoms with Gasteiger partial charge >= 0.3 is 0 Å². The average molecular weight is 178 g/mol. The molecule has 1 fully saturated rings. The van der Waals surface area contributed by atoms with E-state index >= 15 is 0 Å². The normalized spacial score (nSPS) is 18.2. The van der Waals surface area contributed by atoms with Gasteiger partial charge in [0, 0.05) is 5.56 Å². The molecule has 1 aromatic carbocycles. The Morgan fingerprint density at radius 3 is 2.38 bits per heavy atom. The van der Waals surface area contributed by atoms with Crippen LogP contribution < -0.4 is 0 Å². The molecule has 1 aromatic rings. The van der Waals surface area contributed by atoms with Gasteiger partial charge in [-0.1, -0.05) is 24.3 Å². The van der Waals surface area contributed by atoms with Gasteiger partial charge in [-0.05, 0) is 24.3 Å². The molecule has 2 heteroatoms. The lowest BCUT2D eigenvalue weighted by molar-refractivity contribution is 0.112. The third-order valence-electron chi connectivity index (χ3n) is 2.43. The summed E-state index contributed by atoms with van der Waals surface area (Å²) >= 11 is 0. The molecule has 13 heavy (non-hydrogen) atoms. The molecule has 0 aromatic heterocycles. The van der Waals surface area contributed by atoms with E-state index in [-0.39, 0.29) is 5.92 Å².